The largest absolute Gasteiger partial charge is 0.392 e. The van der Waals surface area contributed by atoms with Gasteiger partial charge in [-0.05, 0) is 24.2 Å². The van der Waals surface area contributed by atoms with Crippen LogP contribution in [0.4, 0.5) is 13.2 Å². The highest BCUT2D eigenvalue weighted by Gasteiger charge is 2.45. The molecule has 0 N–H and O–H groups in total. The summed E-state index contributed by atoms with van der Waals surface area (Å²) in [5.41, 5.74) is 0. The summed E-state index contributed by atoms with van der Waals surface area (Å²) in [4.78, 5) is 0. The second-order valence-electron chi connectivity index (χ2n) is 5.00. The molecule has 0 aromatic heterocycles. The Bertz CT molecular complexity index is 162. The first kappa shape index (κ1) is 14.8. The predicted molar refractivity (Wildman–Crippen MR) is 57.6 cm³/mol. The average molecular weight is 224 g/mol. The molecule has 3 heteroatoms. The third kappa shape index (κ3) is 4.43. The highest BCUT2D eigenvalue weighted by molar-refractivity contribution is 4.80. The van der Waals surface area contributed by atoms with Crippen LogP contribution in [0.2, 0.25) is 0 Å². The average Bonchev–Trinajstić information content (AvgIpc) is 2.00. The summed E-state index contributed by atoms with van der Waals surface area (Å²) in [6.45, 7) is 9.37. The van der Waals surface area contributed by atoms with Crippen LogP contribution in [0.5, 0.6) is 0 Å². The lowest BCUT2D eigenvalue weighted by atomic mass is 9.74. The normalized spacial score (nSPS) is 15.4. The molecule has 0 aliphatic carbocycles. The zero-order chi connectivity index (χ0) is 12.2. The van der Waals surface area contributed by atoms with Crippen molar-refractivity contribution in [3.05, 3.63) is 0 Å². The van der Waals surface area contributed by atoms with Crippen LogP contribution in [0.1, 0.15) is 47.5 Å². The first-order valence-electron chi connectivity index (χ1n) is 5.78. The van der Waals surface area contributed by atoms with Crippen LogP contribution in [0.25, 0.3) is 0 Å². The monoisotopic (exact) mass is 224 g/mol. The Morgan fingerprint density at radius 2 is 1.33 bits per heavy atom. The molecule has 0 amide bonds. The van der Waals surface area contributed by atoms with Crippen molar-refractivity contribution in [1.29, 1.82) is 0 Å². The maximum atomic E-state index is 12.9. The van der Waals surface area contributed by atoms with Gasteiger partial charge in [0.15, 0.2) is 0 Å². The van der Waals surface area contributed by atoms with Crippen molar-refractivity contribution in [2.24, 2.45) is 23.7 Å². The van der Waals surface area contributed by atoms with Crippen LogP contribution in [0.15, 0.2) is 0 Å². The van der Waals surface area contributed by atoms with E-state index in [0.29, 0.717) is 6.42 Å². The fourth-order valence-corrected chi connectivity index (χ4v) is 2.58. The Morgan fingerprint density at radius 1 is 0.933 bits per heavy atom. The topological polar surface area (TPSA) is 0 Å². The Balaban J connectivity index is 4.84. The molecule has 15 heavy (non-hydrogen) atoms. The molecule has 0 spiro atoms. The van der Waals surface area contributed by atoms with Crippen molar-refractivity contribution in [3.63, 3.8) is 0 Å². The summed E-state index contributed by atoms with van der Waals surface area (Å²) < 4.78 is 38.6. The molecule has 0 saturated heterocycles. The lowest BCUT2D eigenvalue weighted by molar-refractivity contribution is -0.199. The van der Waals surface area contributed by atoms with Gasteiger partial charge < -0.3 is 0 Å². The molecule has 0 aromatic rings. The lowest BCUT2D eigenvalue weighted by Crippen LogP contribution is -2.36. The number of hydrogen-bond acceptors (Lipinski definition) is 0. The maximum absolute atomic E-state index is 12.9. The summed E-state index contributed by atoms with van der Waals surface area (Å²) in [6, 6.07) is 0. The fraction of sp³-hybridized carbons (Fsp3) is 1.00. The summed E-state index contributed by atoms with van der Waals surface area (Å²) in [7, 11) is 0. The van der Waals surface area contributed by atoms with Crippen LogP contribution in [-0.2, 0) is 0 Å². The number of hydrogen-bond donors (Lipinski definition) is 0. The molecule has 0 aromatic carbocycles. The summed E-state index contributed by atoms with van der Waals surface area (Å²) in [5.74, 6) is -1.22. The van der Waals surface area contributed by atoms with Gasteiger partial charge in [-0.1, -0.05) is 41.0 Å². The van der Waals surface area contributed by atoms with E-state index in [-0.39, 0.29) is 24.2 Å². The molecule has 0 nitrogen and oxygen atoms in total. The summed E-state index contributed by atoms with van der Waals surface area (Å²) >= 11 is 0. The van der Waals surface area contributed by atoms with Gasteiger partial charge in [0.1, 0.15) is 0 Å². The van der Waals surface area contributed by atoms with Crippen molar-refractivity contribution in [2.45, 2.75) is 53.6 Å². The van der Waals surface area contributed by atoms with Crippen LogP contribution in [0, 0.1) is 23.7 Å². The van der Waals surface area contributed by atoms with Gasteiger partial charge >= 0.3 is 6.18 Å². The second kappa shape index (κ2) is 5.76. The molecule has 0 aliphatic rings. The SMILES string of the molecule is CCCC(C(C(C)C)C(C)C)C(F)(F)F. The Kier molecular flexibility index (Phi) is 5.68. The van der Waals surface area contributed by atoms with Crippen molar-refractivity contribution in [1.82, 2.24) is 0 Å². The van der Waals surface area contributed by atoms with Crippen LogP contribution in [0.3, 0.4) is 0 Å². The third-order valence-corrected chi connectivity index (χ3v) is 3.02. The van der Waals surface area contributed by atoms with Crippen molar-refractivity contribution in [3.8, 4) is 0 Å². The summed E-state index contributed by atoms with van der Waals surface area (Å²) in [6.07, 6.45) is -3.19. The molecular formula is C12H23F3. The number of alkyl halides is 3. The second-order valence-corrected chi connectivity index (χ2v) is 5.00. The third-order valence-electron chi connectivity index (χ3n) is 3.02. The van der Waals surface area contributed by atoms with E-state index in [1.165, 1.54) is 0 Å². The standard InChI is InChI=1S/C12H23F3/c1-6-7-10(12(13,14)15)11(8(2)3)9(4)5/h8-11H,6-7H2,1-5H3. The maximum Gasteiger partial charge on any atom is 0.392 e. The molecular weight excluding hydrogens is 201 g/mol. The minimum atomic E-state index is -4.05. The van der Waals surface area contributed by atoms with Gasteiger partial charge in [-0.2, -0.15) is 13.2 Å². The molecule has 92 valence electrons. The molecule has 1 unspecified atom stereocenters. The summed E-state index contributed by atoms with van der Waals surface area (Å²) in [5, 5.41) is 0. The zero-order valence-electron chi connectivity index (χ0n) is 10.4. The molecule has 0 radical (unpaired) electrons. The van der Waals surface area contributed by atoms with Crippen LogP contribution in [-0.4, -0.2) is 6.18 Å². The molecule has 0 saturated carbocycles. The van der Waals surface area contributed by atoms with Crippen LogP contribution < -0.4 is 0 Å². The van der Waals surface area contributed by atoms with E-state index < -0.39 is 12.1 Å². The molecule has 0 heterocycles. The number of halogens is 3. The minimum absolute atomic E-state index is 0.0863. The van der Waals surface area contributed by atoms with E-state index in [0.717, 1.165) is 0 Å². The van der Waals surface area contributed by atoms with E-state index in [2.05, 4.69) is 0 Å². The van der Waals surface area contributed by atoms with E-state index in [1.807, 2.05) is 34.6 Å². The Hall–Kier alpha value is -0.210. The lowest BCUT2D eigenvalue weighted by Gasteiger charge is -2.34. The highest BCUT2D eigenvalue weighted by Crippen LogP contribution is 2.42. The molecule has 1 atom stereocenters. The first-order chi connectivity index (χ1) is 6.71. The Labute approximate surface area is 91.3 Å². The van der Waals surface area contributed by atoms with Gasteiger partial charge in [0.25, 0.3) is 0 Å². The quantitative estimate of drug-likeness (QED) is 0.623. The highest BCUT2D eigenvalue weighted by atomic mass is 19.4. The van der Waals surface area contributed by atoms with Crippen molar-refractivity contribution in [2.75, 3.05) is 0 Å². The fourth-order valence-electron chi connectivity index (χ4n) is 2.58. The van der Waals surface area contributed by atoms with Crippen molar-refractivity contribution < 1.29 is 13.2 Å². The number of rotatable bonds is 5. The van der Waals surface area contributed by atoms with Gasteiger partial charge in [-0.25, -0.2) is 0 Å². The van der Waals surface area contributed by atoms with E-state index in [1.54, 1.807) is 0 Å². The first-order valence-corrected chi connectivity index (χ1v) is 5.78. The van der Waals surface area contributed by atoms with Gasteiger partial charge in [0.05, 0.1) is 5.92 Å². The van der Waals surface area contributed by atoms with Crippen molar-refractivity contribution >= 4 is 0 Å². The zero-order valence-corrected chi connectivity index (χ0v) is 10.4. The van der Waals surface area contributed by atoms with E-state index >= 15 is 0 Å². The van der Waals surface area contributed by atoms with Gasteiger partial charge in [0.2, 0.25) is 0 Å². The molecule has 0 fully saturated rings. The van der Waals surface area contributed by atoms with E-state index in [4.69, 9.17) is 0 Å². The van der Waals surface area contributed by atoms with Gasteiger partial charge in [-0.3, -0.25) is 0 Å². The van der Waals surface area contributed by atoms with Gasteiger partial charge in [0, 0.05) is 0 Å². The smallest absolute Gasteiger partial charge is 0.171 e. The van der Waals surface area contributed by atoms with Crippen LogP contribution >= 0.6 is 0 Å². The van der Waals surface area contributed by atoms with Gasteiger partial charge in [-0.15, -0.1) is 0 Å². The molecule has 0 aliphatic heterocycles. The van der Waals surface area contributed by atoms with E-state index in [9.17, 15) is 13.2 Å². The minimum Gasteiger partial charge on any atom is -0.171 e. The molecule has 0 bridgehead atoms. The predicted octanol–water partition coefficient (Wildman–Crippen LogP) is 4.89. The molecule has 0 rings (SSSR count). The Morgan fingerprint density at radius 3 is 1.53 bits per heavy atom.